The topological polar surface area (TPSA) is 59.6 Å². The average Bonchev–Trinajstić information content (AvgIpc) is 2.84. The van der Waals surface area contributed by atoms with Crippen molar-refractivity contribution in [2.75, 3.05) is 13.7 Å². The predicted molar refractivity (Wildman–Crippen MR) is 78.3 cm³/mol. The summed E-state index contributed by atoms with van der Waals surface area (Å²) in [7, 11) is 1.68. The minimum Gasteiger partial charge on any atom is -0.383 e. The fraction of sp³-hybridized carbons (Fsp3) is 0.909. The molecule has 0 bridgehead atoms. The Labute approximate surface area is 115 Å². The number of hydrogen-bond acceptors (Lipinski definition) is 2. The van der Waals surface area contributed by atoms with E-state index in [1.54, 1.807) is 7.11 Å². The van der Waals surface area contributed by atoms with Crippen LogP contribution < -0.4 is 11.1 Å². The lowest BCUT2D eigenvalue weighted by molar-refractivity contribution is 0.179. The summed E-state index contributed by atoms with van der Waals surface area (Å²) in [6.45, 7) is 4.89. The highest BCUT2D eigenvalue weighted by molar-refractivity contribution is 14.0. The molecule has 0 spiro atoms. The lowest BCUT2D eigenvalue weighted by atomic mass is 10.2. The second-order valence-corrected chi connectivity index (χ2v) is 4.37. The standard InChI is InChI=1S/C11H23N3O.HI/c1-4-5-9-6-10(9)14-11(12)13-8(2)7-15-3;/h8-10H,4-7H2,1-3H3,(H3,12,13,14);1H. The Morgan fingerprint density at radius 2 is 2.31 bits per heavy atom. The first kappa shape index (κ1) is 16.0. The molecule has 0 aromatic rings. The monoisotopic (exact) mass is 341 g/mol. The smallest absolute Gasteiger partial charge is 0.189 e. The minimum atomic E-state index is 0. The van der Waals surface area contributed by atoms with Crippen molar-refractivity contribution in [3.63, 3.8) is 0 Å². The van der Waals surface area contributed by atoms with Crippen LogP contribution in [0.5, 0.6) is 0 Å². The number of nitrogens with one attached hydrogen (secondary N) is 1. The predicted octanol–water partition coefficient (Wildman–Crippen LogP) is 1.73. The molecule has 0 amide bonds. The van der Waals surface area contributed by atoms with Crippen LogP contribution in [0, 0.1) is 5.92 Å². The Hall–Kier alpha value is -0.0400. The third kappa shape index (κ3) is 5.89. The molecule has 5 heteroatoms. The van der Waals surface area contributed by atoms with Gasteiger partial charge in [-0.2, -0.15) is 0 Å². The van der Waals surface area contributed by atoms with Crippen molar-refractivity contribution in [3.05, 3.63) is 0 Å². The van der Waals surface area contributed by atoms with Crippen LogP contribution in [0.1, 0.15) is 33.1 Å². The highest BCUT2D eigenvalue weighted by Gasteiger charge is 2.35. The maximum atomic E-state index is 5.79. The number of nitrogens with zero attached hydrogens (tertiary/aromatic N) is 1. The zero-order valence-corrected chi connectivity index (χ0v) is 12.7. The Morgan fingerprint density at radius 3 is 2.88 bits per heavy atom. The molecule has 0 aromatic carbocycles. The summed E-state index contributed by atoms with van der Waals surface area (Å²) >= 11 is 0. The third-order valence-corrected chi connectivity index (χ3v) is 2.66. The van der Waals surface area contributed by atoms with Gasteiger partial charge in [-0.25, -0.2) is 4.99 Å². The molecule has 96 valence electrons. The van der Waals surface area contributed by atoms with Crippen LogP contribution in [-0.4, -0.2) is 31.8 Å². The van der Waals surface area contributed by atoms with Gasteiger partial charge in [0.1, 0.15) is 0 Å². The molecule has 0 aromatic heterocycles. The Bertz CT molecular complexity index is 223. The van der Waals surface area contributed by atoms with Gasteiger partial charge in [0.05, 0.1) is 12.6 Å². The van der Waals surface area contributed by atoms with Crippen molar-refractivity contribution < 1.29 is 4.74 Å². The van der Waals surface area contributed by atoms with E-state index >= 15 is 0 Å². The number of nitrogens with two attached hydrogens (primary N) is 1. The maximum absolute atomic E-state index is 5.79. The van der Waals surface area contributed by atoms with E-state index in [9.17, 15) is 0 Å². The van der Waals surface area contributed by atoms with Crippen LogP contribution in [0.3, 0.4) is 0 Å². The second kappa shape index (κ2) is 8.11. The summed E-state index contributed by atoms with van der Waals surface area (Å²) in [5.41, 5.74) is 5.79. The maximum Gasteiger partial charge on any atom is 0.189 e. The highest BCUT2D eigenvalue weighted by atomic mass is 127. The quantitative estimate of drug-likeness (QED) is 0.440. The van der Waals surface area contributed by atoms with E-state index in [0.717, 1.165) is 5.92 Å². The number of ether oxygens (including phenoxy) is 1. The minimum absolute atomic E-state index is 0. The van der Waals surface area contributed by atoms with Crippen LogP contribution in [0.15, 0.2) is 4.99 Å². The largest absolute Gasteiger partial charge is 0.383 e. The molecular formula is C11H24IN3O. The molecule has 3 N–H and O–H groups in total. The summed E-state index contributed by atoms with van der Waals surface area (Å²) < 4.78 is 5.01. The van der Waals surface area contributed by atoms with E-state index in [2.05, 4.69) is 17.2 Å². The molecule has 1 saturated carbocycles. The fourth-order valence-electron chi connectivity index (χ4n) is 1.83. The molecular weight excluding hydrogens is 317 g/mol. The van der Waals surface area contributed by atoms with E-state index in [-0.39, 0.29) is 30.0 Å². The van der Waals surface area contributed by atoms with Crippen LogP contribution in [0.4, 0.5) is 0 Å². The van der Waals surface area contributed by atoms with Gasteiger partial charge >= 0.3 is 0 Å². The van der Waals surface area contributed by atoms with Gasteiger partial charge < -0.3 is 15.8 Å². The highest BCUT2D eigenvalue weighted by Crippen LogP contribution is 2.37. The summed E-state index contributed by atoms with van der Waals surface area (Å²) in [6.07, 6.45) is 3.72. The van der Waals surface area contributed by atoms with Gasteiger partial charge in [0, 0.05) is 13.2 Å². The number of rotatable bonds is 6. The molecule has 0 saturated heterocycles. The number of aliphatic imine (C=N–C) groups is 1. The lowest BCUT2D eigenvalue weighted by Crippen LogP contribution is -2.40. The van der Waals surface area contributed by atoms with Gasteiger partial charge in [-0.3, -0.25) is 0 Å². The number of hydrogen-bond donors (Lipinski definition) is 2. The van der Waals surface area contributed by atoms with Crippen molar-refractivity contribution in [1.82, 2.24) is 5.32 Å². The molecule has 0 aliphatic heterocycles. The van der Waals surface area contributed by atoms with Crippen LogP contribution in [0.2, 0.25) is 0 Å². The summed E-state index contributed by atoms with van der Waals surface area (Å²) in [6, 6.07) is 0.689. The molecule has 16 heavy (non-hydrogen) atoms. The number of methoxy groups -OCH3 is 1. The molecule has 1 rings (SSSR count). The Balaban J connectivity index is 0.00000225. The summed E-state index contributed by atoms with van der Waals surface area (Å²) in [5.74, 6) is 1.33. The van der Waals surface area contributed by atoms with Crippen molar-refractivity contribution in [1.29, 1.82) is 0 Å². The lowest BCUT2D eigenvalue weighted by Gasteiger charge is -2.12. The van der Waals surface area contributed by atoms with Gasteiger partial charge in [0.15, 0.2) is 5.96 Å². The summed E-state index contributed by atoms with van der Waals surface area (Å²) in [4.78, 5) is 4.44. The summed E-state index contributed by atoms with van der Waals surface area (Å²) in [5, 5.41) is 3.12. The average molecular weight is 341 g/mol. The Kier molecular flexibility index (Phi) is 8.09. The first-order chi connectivity index (χ1) is 7.17. The van der Waals surface area contributed by atoms with E-state index in [1.165, 1.54) is 19.3 Å². The molecule has 0 heterocycles. The van der Waals surface area contributed by atoms with Crippen LogP contribution in [0.25, 0.3) is 0 Å². The Morgan fingerprint density at radius 1 is 1.62 bits per heavy atom. The van der Waals surface area contributed by atoms with E-state index in [4.69, 9.17) is 10.5 Å². The molecule has 1 aliphatic carbocycles. The first-order valence-electron chi connectivity index (χ1n) is 5.76. The van der Waals surface area contributed by atoms with Crippen molar-refractivity contribution in [2.45, 2.75) is 45.2 Å². The normalized spacial score (nSPS) is 25.8. The van der Waals surface area contributed by atoms with E-state index < -0.39 is 0 Å². The SMILES string of the molecule is CCCC1CC1N=C(N)NC(C)COC.I. The fourth-order valence-corrected chi connectivity index (χ4v) is 1.83. The first-order valence-corrected chi connectivity index (χ1v) is 5.76. The van der Waals surface area contributed by atoms with E-state index in [0.29, 0.717) is 18.6 Å². The van der Waals surface area contributed by atoms with Crippen LogP contribution in [-0.2, 0) is 4.74 Å². The van der Waals surface area contributed by atoms with Gasteiger partial charge in [0.25, 0.3) is 0 Å². The van der Waals surface area contributed by atoms with Crippen molar-refractivity contribution in [2.24, 2.45) is 16.6 Å². The molecule has 1 fully saturated rings. The number of guanidine groups is 1. The number of halogens is 1. The second-order valence-electron chi connectivity index (χ2n) is 4.37. The van der Waals surface area contributed by atoms with Gasteiger partial charge in [-0.15, -0.1) is 24.0 Å². The zero-order chi connectivity index (χ0) is 11.3. The van der Waals surface area contributed by atoms with Gasteiger partial charge in [-0.1, -0.05) is 13.3 Å². The van der Waals surface area contributed by atoms with Crippen molar-refractivity contribution in [3.8, 4) is 0 Å². The molecule has 0 radical (unpaired) electrons. The molecule has 3 atom stereocenters. The zero-order valence-electron chi connectivity index (χ0n) is 10.4. The van der Waals surface area contributed by atoms with Gasteiger partial charge in [-0.05, 0) is 25.7 Å². The van der Waals surface area contributed by atoms with Crippen LogP contribution >= 0.6 is 24.0 Å². The molecule has 3 unspecified atom stereocenters. The van der Waals surface area contributed by atoms with Crippen molar-refractivity contribution >= 4 is 29.9 Å². The molecule has 4 nitrogen and oxygen atoms in total. The van der Waals surface area contributed by atoms with E-state index in [1.807, 2.05) is 6.92 Å². The molecule has 1 aliphatic rings. The third-order valence-electron chi connectivity index (χ3n) is 2.66. The van der Waals surface area contributed by atoms with Gasteiger partial charge in [0.2, 0.25) is 0 Å².